The van der Waals surface area contributed by atoms with Crippen molar-refractivity contribution in [3.05, 3.63) is 18.5 Å². The van der Waals surface area contributed by atoms with E-state index >= 15 is 0 Å². The van der Waals surface area contributed by atoms with Crippen LogP contribution in [0.5, 0.6) is 0 Å². The monoisotopic (exact) mass is 169 g/mol. The summed E-state index contributed by atoms with van der Waals surface area (Å²) in [4.78, 5) is 4.95. The van der Waals surface area contributed by atoms with Crippen molar-refractivity contribution in [2.24, 2.45) is 5.73 Å². The van der Waals surface area contributed by atoms with Crippen molar-refractivity contribution in [3.63, 3.8) is 0 Å². The van der Waals surface area contributed by atoms with Crippen LogP contribution in [0.2, 0.25) is 0 Å². The molecular formula is C8H15N3O. The van der Waals surface area contributed by atoms with Gasteiger partial charge in [-0.25, -0.2) is 0 Å². The lowest BCUT2D eigenvalue weighted by atomic mass is 10.3. The van der Waals surface area contributed by atoms with Gasteiger partial charge in [0.05, 0.1) is 12.3 Å². The number of H-pyrrole nitrogens is 1. The van der Waals surface area contributed by atoms with Crippen LogP contribution < -0.4 is 10.6 Å². The molecule has 68 valence electrons. The van der Waals surface area contributed by atoms with E-state index in [1.807, 2.05) is 30.4 Å². The SMILES string of the molecule is CN(CC(N)CO)c1cc[nH]c1. The number of nitrogens with zero attached hydrogens (tertiary/aromatic N) is 1. The van der Waals surface area contributed by atoms with E-state index < -0.39 is 0 Å². The molecule has 4 heteroatoms. The highest BCUT2D eigenvalue weighted by Crippen LogP contribution is 2.09. The molecular weight excluding hydrogens is 154 g/mol. The van der Waals surface area contributed by atoms with E-state index in [4.69, 9.17) is 10.8 Å². The first-order chi connectivity index (χ1) is 5.74. The van der Waals surface area contributed by atoms with E-state index in [0.717, 1.165) is 5.69 Å². The standard InChI is InChI=1S/C8H15N3O/c1-11(5-7(9)6-12)8-2-3-10-4-8/h2-4,7,10,12H,5-6,9H2,1H3. The Morgan fingerprint density at radius 3 is 3.00 bits per heavy atom. The molecule has 1 rings (SSSR count). The van der Waals surface area contributed by atoms with E-state index in [2.05, 4.69) is 4.98 Å². The fourth-order valence-corrected chi connectivity index (χ4v) is 1.07. The number of aromatic nitrogens is 1. The molecule has 1 atom stereocenters. The number of anilines is 1. The predicted molar refractivity (Wildman–Crippen MR) is 49.1 cm³/mol. The first-order valence-corrected chi connectivity index (χ1v) is 3.94. The maximum atomic E-state index is 8.72. The summed E-state index contributed by atoms with van der Waals surface area (Å²) in [7, 11) is 1.94. The maximum Gasteiger partial charge on any atom is 0.0599 e. The Bertz CT molecular complexity index is 210. The summed E-state index contributed by atoms with van der Waals surface area (Å²) in [6, 6.07) is 1.79. The van der Waals surface area contributed by atoms with Crippen molar-refractivity contribution in [3.8, 4) is 0 Å². The highest BCUT2D eigenvalue weighted by atomic mass is 16.3. The van der Waals surface area contributed by atoms with Gasteiger partial charge < -0.3 is 20.7 Å². The van der Waals surface area contributed by atoms with Crippen LogP contribution in [0.25, 0.3) is 0 Å². The number of hydrogen-bond acceptors (Lipinski definition) is 3. The minimum atomic E-state index is -0.176. The van der Waals surface area contributed by atoms with Gasteiger partial charge in [-0.3, -0.25) is 0 Å². The summed E-state index contributed by atoms with van der Waals surface area (Å²) in [6.45, 7) is 0.684. The smallest absolute Gasteiger partial charge is 0.0599 e. The number of nitrogens with two attached hydrogens (primary N) is 1. The zero-order valence-electron chi connectivity index (χ0n) is 7.20. The largest absolute Gasteiger partial charge is 0.395 e. The lowest BCUT2D eigenvalue weighted by molar-refractivity contribution is 0.267. The summed E-state index contributed by atoms with van der Waals surface area (Å²) < 4.78 is 0. The fraction of sp³-hybridized carbons (Fsp3) is 0.500. The van der Waals surface area contributed by atoms with Gasteiger partial charge in [0.25, 0.3) is 0 Å². The van der Waals surface area contributed by atoms with Crippen molar-refractivity contribution >= 4 is 5.69 Å². The molecule has 0 aliphatic carbocycles. The summed E-state index contributed by atoms with van der Waals surface area (Å²) in [6.07, 6.45) is 3.75. The van der Waals surface area contributed by atoms with Gasteiger partial charge in [-0.15, -0.1) is 0 Å². The number of aromatic amines is 1. The summed E-state index contributed by atoms with van der Waals surface area (Å²) in [5.74, 6) is 0. The van der Waals surface area contributed by atoms with Crippen molar-refractivity contribution in [1.82, 2.24) is 4.98 Å². The van der Waals surface area contributed by atoms with Crippen LogP contribution in [0.3, 0.4) is 0 Å². The lowest BCUT2D eigenvalue weighted by Crippen LogP contribution is -2.37. The molecule has 1 aromatic rings. The fourth-order valence-electron chi connectivity index (χ4n) is 1.07. The minimum Gasteiger partial charge on any atom is -0.395 e. The third-order valence-electron chi connectivity index (χ3n) is 1.77. The van der Waals surface area contributed by atoms with E-state index in [-0.39, 0.29) is 12.6 Å². The first kappa shape index (κ1) is 9.09. The van der Waals surface area contributed by atoms with Crippen LogP contribution in [0.1, 0.15) is 0 Å². The lowest BCUT2D eigenvalue weighted by Gasteiger charge is -2.20. The molecule has 0 aliphatic rings. The first-order valence-electron chi connectivity index (χ1n) is 3.94. The molecule has 1 unspecified atom stereocenters. The van der Waals surface area contributed by atoms with Crippen LogP contribution in [-0.4, -0.2) is 36.3 Å². The molecule has 0 fully saturated rings. The minimum absolute atomic E-state index is 0.0226. The third kappa shape index (κ3) is 2.25. The van der Waals surface area contributed by atoms with Gasteiger partial charge in [0.15, 0.2) is 0 Å². The van der Waals surface area contributed by atoms with Crippen LogP contribution in [0, 0.1) is 0 Å². The molecule has 0 saturated heterocycles. The second-order valence-electron chi connectivity index (χ2n) is 2.89. The average Bonchev–Trinajstić information content (AvgIpc) is 2.56. The Balaban J connectivity index is 2.44. The van der Waals surface area contributed by atoms with E-state index in [1.165, 1.54) is 0 Å². The van der Waals surface area contributed by atoms with E-state index in [9.17, 15) is 0 Å². The van der Waals surface area contributed by atoms with Crippen molar-refractivity contribution < 1.29 is 5.11 Å². The van der Waals surface area contributed by atoms with Gasteiger partial charge in [0, 0.05) is 32.0 Å². The maximum absolute atomic E-state index is 8.72. The number of aliphatic hydroxyl groups excluding tert-OH is 1. The van der Waals surface area contributed by atoms with Gasteiger partial charge in [-0.2, -0.15) is 0 Å². The van der Waals surface area contributed by atoms with Gasteiger partial charge in [0.2, 0.25) is 0 Å². The molecule has 4 nitrogen and oxygen atoms in total. The molecule has 0 spiro atoms. The Kier molecular flexibility index (Phi) is 3.13. The molecule has 0 saturated carbocycles. The van der Waals surface area contributed by atoms with Gasteiger partial charge in [-0.05, 0) is 6.07 Å². The second-order valence-corrected chi connectivity index (χ2v) is 2.89. The molecule has 0 radical (unpaired) electrons. The van der Waals surface area contributed by atoms with E-state index in [0.29, 0.717) is 6.54 Å². The second kappa shape index (κ2) is 4.13. The normalized spacial score (nSPS) is 12.9. The Morgan fingerprint density at radius 1 is 1.75 bits per heavy atom. The third-order valence-corrected chi connectivity index (χ3v) is 1.77. The molecule has 4 N–H and O–H groups in total. The molecule has 0 bridgehead atoms. The number of nitrogens with one attached hydrogen (secondary N) is 1. The summed E-state index contributed by atoms with van der Waals surface area (Å²) in [5.41, 5.74) is 6.66. The number of rotatable bonds is 4. The van der Waals surface area contributed by atoms with Crippen molar-refractivity contribution in [1.29, 1.82) is 0 Å². The summed E-state index contributed by atoms with van der Waals surface area (Å²) in [5, 5.41) is 8.72. The van der Waals surface area contributed by atoms with Gasteiger partial charge >= 0.3 is 0 Å². The zero-order valence-corrected chi connectivity index (χ0v) is 7.20. The topological polar surface area (TPSA) is 65.3 Å². The molecule has 0 aliphatic heterocycles. The van der Waals surface area contributed by atoms with Crippen LogP contribution >= 0.6 is 0 Å². The number of likely N-dealkylation sites (N-methyl/N-ethyl adjacent to an activating group) is 1. The Hall–Kier alpha value is -1.00. The Morgan fingerprint density at radius 2 is 2.50 bits per heavy atom. The molecule has 0 amide bonds. The van der Waals surface area contributed by atoms with E-state index in [1.54, 1.807) is 0 Å². The zero-order chi connectivity index (χ0) is 8.97. The average molecular weight is 169 g/mol. The van der Waals surface area contributed by atoms with Crippen molar-refractivity contribution in [2.75, 3.05) is 25.1 Å². The molecule has 12 heavy (non-hydrogen) atoms. The van der Waals surface area contributed by atoms with Crippen LogP contribution in [0.15, 0.2) is 18.5 Å². The van der Waals surface area contributed by atoms with Crippen LogP contribution in [-0.2, 0) is 0 Å². The van der Waals surface area contributed by atoms with Gasteiger partial charge in [0.1, 0.15) is 0 Å². The van der Waals surface area contributed by atoms with Gasteiger partial charge in [-0.1, -0.05) is 0 Å². The highest BCUT2D eigenvalue weighted by molar-refractivity contribution is 5.43. The molecule has 1 aromatic heterocycles. The Labute approximate surface area is 72.0 Å². The van der Waals surface area contributed by atoms with Crippen molar-refractivity contribution in [2.45, 2.75) is 6.04 Å². The predicted octanol–water partition coefficient (Wildman–Crippen LogP) is -0.230. The number of hydrogen-bond donors (Lipinski definition) is 3. The molecule has 0 aromatic carbocycles. The number of aliphatic hydroxyl groups is 1. The highest BCUT2D eigenvalue weighted by Gasteiger charge is 2.05. The summed E-state index contributed by atoms with van der Waals surface area (Å²) >= 11 is 0. The molecule has 1 heterocycles. The van der Waals surface area contributed by atoms with Crippen LogP contribution in [0.4, 0.5) is 5.69 Å². The quantitative estimate of drug-likeness (QED) is 0.583.